The molecule has 2 aromatic rings. The van der Waals surface area contributed by atoms with Crippen LogP contribution in [0.25, 0.3) is 5.65 Å². The fourth-order valence-corrected chi connectivity index (χ4v) is 5.39. The Balaban J connectivity index is 1.58. The molecule has 9 heteroatoms. The highest BCUT2D eigenvalue weighted by atomic mass is 32.2. The zero-order valence-electron chi connectivity index (χ0n) is 13.8. The average Bonchev–Trinajstić information content (AvgIpc) is 3.25. The summed E-state index contributed by atoms with van der Waals surface area (Å²) in [6.07, 6.45) is 2.37. The standard InChI is InChI=1S/C17H17F3N4OS/c18-17(19,20)12-7-24-13(6-21-12)23-14(8-1-2-8)15(24)9-3-4-10-11(5-9)26-16(25)22-10/h6-11H,1-5H2,(H,22,25). The number of nitrogens with one attached hydrogen (secondary N) is 1. The van der Waals surface area contributed by atoms with Gasteiger partial charge in [0.25, 0.3) is 5.24 Å². The van der Waals surface area contributed by atoms with Crippen molar-refractivity contribution in [1.29, 1.82) is 0 Å². The molecule has 26 heavy (non-hydrogen) atoms. The number of amides is 1. The van der Waals surface area contributed by atoms with E-state index in [1.54, 1.807) is 4.40 Å². The van der Waals surface area contributed by atoms with Crippen LogP contribution in [0.4, 0.5) is 18.0 Å². The highest BCUT2D eigenvalue weighted by molar-refractivity contribution is 8.14. The van der Waals surface area contributed by atoms with Crippen molar-refractivity contribution in [3.63, 3.8) is 0 Å². The number of aromatic nitrogens is 3. The lowest BCUT2D eigenvalue weighted by Gasteiger charge is -2.30. The van der Waals surface area contributed by atoms with Crippen LogP contribution in [0, 0.1) is 0 Å². The van der Waals surface area contributed by atoms with Crippen molar-refractivity contribution >= 4 is 22.6 Å². The molecule has 1 amide bonds. The fraction of sp³-hybridized carbons (Fsp3) is 0.588. The summed E-state index contributed by atoms with van der Waals surface area (Å²) in [5.74, 6) is 0.457. The molecular formula is C17H17F3N4OS. The van der Waals surface area contributed by atoms with E-state index >= 15 is 0 Å². The van der Waals surface area contributed by atoms with Gasteiger partial charge in [0.1, 0.15) is 0 Å². The van der Waals surface area contributed by atoms with E-state index in [1.165, 1.54) is 18.0 Å². The van der Waals surface area contributed by atoms with Crippen LogP contribution in [0.3, 0.4) is 0 Å². The largest absolute Gasteiger partial charge is 0.434 e. The molecule has 3 heterocycles. The number of hydrogen-bond acceptors (Lipinski definition) is 4. The van der Waals surface area contributed by atoms with Crippen molar-refractivity contribution in [2.45, 2.75) is 61.4 Å². The van der Waals surface area contributed by atoms with Crippen molar-refractivity contribution in [3.05, 3.63) is 29.5 Å². The summed E-state index contributed by atoms with van der Waals surface area (Å²) in [4.78, 5) is 19.8. The lowest BCUT2D eigenvalue weighted by atomic mass is 9.82. The lowest BCUT2D eigenvalue weighted by Crippen LogP contribution is -2.36. The Bertz CT molecular complexity index is 892. The van der Waals surface area contributed by atoms with Crippen LogP contribution in [0.2, 0.25) is 0 Å². The van der Waals surface area contributed by atoms with E-state index in [-0.39, 0.29) is 22.4 Å². The van der Waals surface area contributed by atoms with Crippen molar-refractivity contribution in [2.75, 3.05) is 0 Å². The van der Waals surface area contributed by atoms with Crippen LogP contribution < -0.4 is 5.32 Å². The number of imidazole rings is 1. The molecule has 3 aliphatic rings. The van der Waals surface area contributed by atoms with Crippen LogP contribution >= 0.6 is 11.8 Å². The van der Waals surface area contributed by atoms with Gasteiger partial charge in [0.15, 0.2) is 11.3 Å². The maximum absolute atomic E-state index is 13.1. The Labute approximate surface area is 151 Å². The summed E-state index contributed by atoms with van der Waals surface area (Å²) in [7, 11) is 0. The first-order chi connectivity index (χ1) is 12.4. The van der Waals surface area contributed by atoms with Crippen molar-refractivity contribution < 1.29 is 18.0 Å². The molecule has 2 aromatic heterocycles. The molecule has 2 aliphatic carbocycles. The summed E-state index contributed by atoms with van der Waals surface area (Å²) in [6, 6.07) is 0.180. The molecule has 1 aliphatic heterocycles. The Morgan fingerprint density at radius 1 is 1.19 bits per heavy atom. The number of rotatable bonds is 2. The fourth-order valence-electron chi connectivity index (χ4n) is 4.20. The molecule has 3 unspecified atom stereocenters. The van der Waals surface area contributed by atoms with Crippen molar-refractivity contribution in [2.24, 2.45) is 0 Å². The predicted molar refractivity (Wildman–Crippen MR) is 90.3 cm³/mol. The highest BCUT2D eigenvalue weighted by Gasteiger charge is 2.42. The molecule has 3 fully saturated rings. The first-order valence-electron chi connectivity index (χ1n) is 8.82. The second-order valence-corrected chi connectivity index (χ2v) is 8.57. The van der Waals surface area contributed by atoms with Gasteiger partial charge >= 0.3 is 6.18 Å². The molecule has 1 saturated heterocycles. The Hall–Kier alpha value is -1.77. The minimum absolute atomic E-state index is 0.00441. The van der Waals surface area contributed by atoms with Gasteiger partial charge in [0.05, 0.1) is 11.9 Å². The summed E-state index contributed by atoms with van der Waals surface area (Å²) in [5.41, 5.74) is 1.41. The Kier molecular flexibility index (Phi) is 3.54. The van der Waals surface area contributed by atoms with Crippen molar-refractivity contribution in [3.8, 4) is 0 Å². The van der Waals surface area contributed by atoms with E-state index in [4.69, 9.17) is 0 Å². The number of nitrogens with zero attached hydrogens (tertiary/aromatic N) is 3. The Morgan fingerprint density at radius 3 is 2.69 bits per heavy atom. The predicted octanol–water partition coefficient (Wildman–Crippen LogP) is 4.09. The van der Waals surface area contributed by atoms with Gasteiger partial charge in [-0.25, -0.2) is 9.97 Å². The van der Waals surface area contributed by atoms with Crippen LogP contribution in [0.15, 0.2) is 12.4 Å². The second kappa shape index (κ2) is 5.61. The molecule has 0 spiro atoms. The molecule has 5 nitrogen and oxygen atoms in total. The zero-order chi connectivity index (χ0) is 18.1. The maximum Gasteiger partial charge on any atom is 0.434 e. The molecular weight excluding hydrogens is 365 g/mol. The molecule has 138 valence electrons. The molecule has 1 N–H and O–H groups in total. The van der Waals surface area contributed by atoms with E-state index in [9.17, 15) is 18.0 Å². The van der Waals surface area contributed by atoms with Crippen LogP contribution in [-0.2, 0) is 6.18 Å². The molecule has 3 atom stereocenters. The summed E-state index contributed by atoms with van der Waals surface area (Å²) in [6.45, 7) is 0. The third-order valence-corrected chi connectivity index (χ3v) is 6.72. The summed E-state index contributed by atoms with van der Waals surface area (Å²) < 4.78 is 41.0. The number of fused-ring (bicyclic) bond motifs is 2. The molecule has 0 aromatic carbocycles. The lowest BCUT2D eigenvalue weighted by molar-refractivity contribution is -0.141. The quantitative estimate of drug-likeness (QED) is 0.850. The van der Waals surface area contributed by atoms with Gasteiger partial charge in [0.2, 0.25) is 0 Å². The SMILES string of the molecule is O=C1NC2CCC(c3c(C4CC4)nc4cnc(C(F)(F)F)cn34)CC2S1. The van der Waals surface area contributed by atoms with Gasteiger partial charge in [-0.2, -0.15) is 13.2 Å². The van der Waals surface area contributed by atoms with Crippen LogP contribution in [0.5, 0.6) is 0 Å². The van der Waals surface area contributed by atoms with E-state index in [1.807, 2.05) is 0 Å². The van der Waals surface area contributed by atoms with Gasteiger partial charge in [0, 0.05) is 35.0 Å². The van der Waals surface area contributed by atoms with E-state index < -0.39 is 11.9 Å². The Morgan fingerprint density at radius 2 is 1.96 bits per heavy atom. The third kappa shape index (κ3) is 2.67. The average molecular weight is 382 g/mol. The highest BCUT2D eigenvalue weighted by Crippen LogP contribution is 2.48. The number of hydrogen-bond donors (Lipinski definition) is 1. The summed E-state index contributed by atoms with van der Waals surface area (Å²) in [5, 5.41) is 3.17. The zero-order valence-corrected chi connectivity index (χ0v) is 14.6. The van der Waals surface area contributed by atoms with Gasteiger partial charge in [-0.05, 0) is 32.1 Å². The molecule has 5 rings (SSSR count). The monoisotopic (exact) mass is 382 g/mol. The van der Waals surface area contributed by atoms with Gasteiger partial charge in [-0.15, -0.1) is 0 Å². The van der Waals surface area contributed by atoms with Crippen LogP contribution in [-0.4, -0.2) is 30.9 Å². The third-order valence-electron chi connectivity index (χ3n) is 5.57. The van der Waals surface area contributed by atoms with E-state index in [2.05, 4.69) is 15.3 Å². The molecule has 0 bridgehead atoms. The molecule has 0 radical (unpaired) electrons. The van der Waals surface area contributed by atoms with Crippen molar-refractivity contribution in [1.82, 2.24) is 19.7 Å². The number of carbonyl (C=O) groups excluding carboxylic acids is 1. The first kappa shape index (κ1) is 16.4. The van der Waals surface area contributed by atoms with E-state index in [0.717, 1.165) is 49.7 Å². The van der Waals surface area contributed by atoms with Crippen LogP contribution in [0.1, 0.15) is 61.0 Å². The first-order valence-corrected chi connectivity index (χ1v) is 9.70. The smallest absolute Gasteiger partial charge is 0.343 e. The second-order valence-electron chi connectivity index (χ2n) is 7.36. The topological polar surface area (TPSA) is 59.3 Å². The van der Waals surface area contributed by atoms with Gasteiger partial charge in [-0.1, -0.05) is 11.8 Å². The molecule has 2 saturated carbocycles. The number of thioether (sulfide) groups is 1. The van der Waals surface area contributed by atoms with Gasteiger partial charge in [-0.3, -0.25) is 4.79 Å². The summed E-state index contributed by atoms with van der Waals surface area (Å²) >= 11 is 1.32. The number of alkyl halides is 3. The maximum atomic E-state index is 13.1. The minimum atomic E-state index is -4.48. The minimum Gasteiger partial charge on any atom is -0.343 e. The number of halogens is 3. The normalized spacial score (nSPS) is 29.0. The number of carbonyl (C=O) groups is 1. The van der Waals surface area contributed by atoms with E-state index in [0.29, 0.717) is 11.6 Å². The van der Waals surface area contributed by atoms with Gasteiger partial charge < -0.3 is 9.72 Å².